The minimum atomic E-state index is -0.244. The lowest BCUT2D eigenvalue weighted by atomic mass is 10.1. The first-order chi connectivity index (χ1) is 11.2. The summed E-state index contributed by atoms with van der Waals surface area (Å²) >= 11 is 0. The smallest absolute Gasteiger partial charge is 0.292 e. The molecule has 2 amide bonds. The molecule has 1 aromatic carbocycles. The summed E-state index contributed by atoms with van der Waals surface area (Å²) in [5.41, 5.74) is 1.96. The van der Waals surface area contributed by atoms with Crippen molar-refractivity contribution in [2.24, 2.45) is 0 Å². The van der Waals surface area contributed by atoms with Gasteiger partial charge in [0.05, 0.1) is 25.3 Å². The third-order valence-corrected chi connectivity index (χ3v) is 4.79. The molecule has 2 fully saturated rings. The average molecular weight is 317 g/mol. The molecule has 2 heterocycles. The lowest BCUT2D eigenvalue weighted by Gasteiger charge is -2.27. The molecule has 23 heavy (non-hydrogen) atoms. The number of benzene rings is 1. The number of carbonyl (C=O) groups is 2. The van der Waals surface area contributed by atoms with Crippen LogP contribution in [0.3, 0.4) is 0 Å². The number of rotatable bonds is 5. The number of hydrogen-bond acceptors (Lipinski definition) is 3. The highest BCUT2D eigenvalue weighted by Gasteiger charge is 2.45. The molecule has 0 aromatic heterocycles. The molecule has 124 valence electrons. The number of aryl methyl sites for hydroxylation is 1. The largest absolute Gasteiger partial charge is 0.370 e. The Balaban J connectivity index is 1.71. The van der Waals surface area contributed by atoms with Crippen molar-refractivity contribution in [1.82, 2.24) is 0 Å². The molecule has 0 saturated carbocycles. The summed E-state index contributed by atoms with van der Waals surface area (Å²) in [5.74, 6) is -0.145. The number of hydrogen-bond donors (Lipinski definition) is 1. The molecule has 2 aliphatic heterocycles. The third-order valence-electron chi connectivity index (χ3n) is 4.79. The maximum absolute atomic E-state index is 12.7. The van der Waals surface area contributed by atoms with E-state index in [1.54, 1.807) is 0 Å². The van der Waals surface area contributed by atoms with E-state index in [4.69, 9.17) is 4.74 Å². The molecule has 1 atom stereocenters. The summed E-state index contributed by atoms with van der Waals surface area (Å²) in [6, 6.07) is 7.61. The van der Waals surface area contributed by atoms with E-state index in [9.17, 15) is 9.59 Å². The Kier molecular flexibility index (Phi) is 5.08. The van der Waals surface area contributed by atoms with E-state index in [-0.39, 0.29) is 17.9 Å². The van der Waals surface area contributed by atoms with Gasteiger partial charge in [-0.05, 0) is 30.5 Å². The first-order valence-electron chi connectivity index (χ1n) is 8.58. The van der Waals surface area contributed by atoms with Crippen LogP contribution in [0.25, 0.3) is 0 Å². The van der Waals surface area contributed by atoms with Gasteiger partial charge in [0, 0.05) is 0 Å². The van der Waals surface area contributed by atoms with Crippen LogP contribution in [0, 0.1) is 0 Å². The number of carbonyl (C=O) groups excluding carboxylic acids is 2. The van der Waals surface area contributed by atoms with Gasteiger partial charge < -0.3 is 9.64 Å². The number of ether oxygens (including phenoxy) is 1. The average Bonchev–Trinajstić information content (AvgIpc) is 2.89. The maximum Gasteiger partial charge on any atom is 0.292 e. The first-order valence-corrected chi connectivity index (χ1v) is 8.58. The second kappa shape index (κ2) is 7.23. The van der Waals surface area contributed by atoms with Crippen LogP contribution in [0.4, 0.5) is 5.69 Å². The van der Waals surface area contributed by atoms with E-state index >= 15 is 0 Å². The van der Waals surface area contributed by atoms with E-state index in [2.05, 4.69) is 6.92 Å². The minimum Gasteiger partial charge on any atom is -0.370 e. The Morgan fingerprint density at radius 3 is 2.52 bits per heavy atom. The van der Waals surface area contributed by atoms with Crippen molar-refractivity contribution in [3.05, 3.63) is 29.8 Å². The summed E-state index contributed by atoms with van der Waals surface area (Å²) in [5, 5.41) is 0. The molecule has 0 radical (unpaired) electrons. The molecular formula is C18H25N2O3+. The lowest BCUT2D eigenvalue weighted by Crippen LogP contribution is -3.18. The van der Waals surface area contributed by atoms with Gasteiger partial charge in [-0.25, -0.2) is 4.90 Å². The molecular weight excluding hydrogens is 292 g/mol. The summed E-state index contributed by atoms with van der Waals surface area (Å²) in [6.07, 6.45) is 3.67. The van der Waals surface area contributed by atoms with Gasteiger partial charge in [0.1, 0.15) is 13.1 Å². The Morgan fingerprint density at radius 1 is 1.17 bits per heavy atom. The molecule has 5 heteroatoms. The SMILES string of the molecule is CCCCc1ccc(N2C(=O)C[C@@H]([NH+]3CCOCC3)C2=O)cc1. The second-order valence-electron chi connectivity index (χ2n) is 6.36. The standard InChI is InChI=1S/C18H24N2O3/c1-2-3-4-14-5-7-15(8-6-14)20-17(21)13-16(18(20)22)19-9-11-23-12-10-19/h5-8,16H,2-4,9-13H2,1H3/p+1/t16-/m1/s1. The Labute approximate surface area is 137 Å². The number of imide groups is 1. The summed E-state index contributed by atoms with van der Waals surface area (Å²) < 4.78 is 5.35. The number of unbranched alkanes of at least 4 members (excludes halogenated alkanes) is 1. The topological polar surface area (TPSA) is 51.1 Å². The van der Waals surface area contributed by atoms with E-state index in [0.717, 1.165) is 32.4 Å². The molecule has 0 spiro atoms. The van der Waals surface area contributed by atoms with Gasteiger partial charge in [-0.15, -0.1) is 0 Å². The van der Waals surface area contributed by atoms with E-state index in [1.165, 1.54) is 15.4 Å². The van der Waals surface area contributed by atoms with Gasteiger partial charge in [-0.1, -0.05) is 25.5 Å². The Bertz CT molecular complexity index is 564. The molecule has 5 nitrogen and oxygen atoms in total. The fourth-order valence-corrected chi connectivity index (χ4v) is 3.40. The fraction of sp³-hybridized carbons (Fsp3) is 0.556. The maximum atomic E-state index is 12.7. The number of amides is 2. The van der Waals surface area contributed by atoms with Crippen LogP contribution in [0.5, 0.6) is 0 Å². The summed E-state index contributed by atoms with van der Waals surface area (Å²) in [4.78, 5) is 27.6. The van der Waals surface area contributed by atoms with Crippen LogP contribution in [-0.2, 0) is 20.7 Å². The van der Waals surface area contributed by atoms with Crippen LogP contribution in [-0.4, -0.2) is 44.2 Å². The lowest BCUT2D eigenvalue weighted by molar-refractivity contribution is -0.922. The monoisotopic (exact) mass is 317 g/mol. The van der Waals surface area contributed by atoms with Gasteiger partial charge in [0.2, 0.25) is 5.91 Å². The predicted octanol–water partition coefficient (Wildman–Crippen LogP) is 0.576. The Hall–Kier alpha value is -1.72. The first kappa shape index (κ1) is 16.1. The molecule has 0 bridgehead atoms. The normalized spacial score (nSPS) is 22.8. The highest BCUT2D eigenvalue weighted by Crippen LogP contribution is 2.23. The van der Waals surface area contributed by atoms with Crippen LogP contribution in [0.2, 0.25) is 0 Å². The zero-order chi connectivity index (χ0) is 16.2. The zero-order valence-electron chi connectivity index (χ0n) is 13.7. The van der Waals surface area contributed by atoms with Crippen molar-refractivity contribution >= 4 is 17.5 Å². The molecule has 2 saturated heterocycles. The van der Waals surface area contributed by atoms with Gasteiger partial charge in [-0.3, -0.25) is 9.59 Å². The fourth-order valence-electron chi connectivity index (χ4n) is 3.40. The molecule has 3 rings (SSSR count). The minimum absolute atomic E-state index is 0.0618. The van der Waals surface area contributed by atoms with Crippen molar-refractivity contribution in [2.75, 3.05) is 31.2 Å². The molecule has 1 N–H and O–H groups in total. The summed E-state index contributed by atoms with van der Waals surface area (Å²) in [6.45, 7) is 5.10. The van der Waals surface area contributed by atoms with Crippen molar-refractivity contribution in [3.63, 3.8) is 0 Å². The predicted molar refractivity (Wildman–Crippen MR) is 87.5 cm³/mol. The highest BCUT2D eigenvalue weighted by molar-refractivity contribution is 6.21. The van der Waals surface area contributed by atoms with Crippen LogP contribution in [0.15, 0.2) is 24.3 Å². The van der Waals surface area contributed by atoms with E-state index in [0.29, 0.717) is 25.3 Å². The molecule has 1 aromatic rings. The number of quaternary nitrogens is 1. The van der Waals surface area contributed by atoms with E-state index < -0.39 is 0 Å². The van der Waals surface area contributed by atoms with Crippen LogP contribution >= 0.6 is 0 Å². The summed E-state index contributed by atoms with van der Waals surface area (Å²) in [7, 11) is 0. The number of nitrogens with zero attached hydrogens (tertiary/aromatic N) is 1. The van der Waals surface area contributed by atoms with Crippen molar-refractivity contribution in [2.45, 2.75) is 38.6 Å². The number of morpholine rings is 1. The second-order valence-corrected chi connectivity index (χ2v) is 6.36. The van der Waals surface area contributed by atoms with Crippen LogP contribution < -0.4 is 9.80 Å². The van der Waals surface area contributed by atoms with Gasteiger partial charge in [-0.2, -0.15) is 0 Å². The molecule has 2 aliphatic rings. The third kappa shape index (κ3) is 3.46. The van der Waals surface area contributed by atoms with Crippen molar-refractivity contribution in [1.29, 1.82) is 0 Å². The van der Waals surface area contributed by atoms with Gasteiger partial charge >= 0.3 is 0 Å². The molecule has 0 unspecified atom stereocenters. The zero-order valence-corrected chi connectivity index (χ0v) is 13.7. The van der Waals surface area contributed by atoms with E-state index in [1.807, 2.05) is 24.3 Å². The number of nitrogens with one attached hydrogen (secondary N) is 1. The van der Waals surface area contributed by atoms with Crippen molar-refractivity contribution < 1.29 is 19.2 Å². The quantitative estimate of drug-likeness (QED) is 0.808. The van der Waals surface area contributed by atoms with Gasteiger partial charge in [0.25, 0.3) is 5.91 Å². The van der Waals surface area contributed by atoms with Gasteiger partial charge in [0.15, 0.2) is 6.04 Å². The Morgan fingerprint density at radius 2 is 1.87 bits per heavy atom. The van der Waals surface area contributed by atoms with Crippen molar-refractivity contribution in [3.8, 4) is 0 Å². The molecule has 0 aliphatic carbocycles. The van der Waals surface area contributed by atoms with Crippen LogP contribution in [0.1, 0.15) is 31.7 Å². The number of anilines is 1. The highest BCUT2D eigenvalue weighted by atomic mass is 16.5.